The lowest BCUT2D eigenvalue weighted by molar-refractivity contribution is -0.137. The molecule has 182 valence electrons. The number of aromatic nitrogens is 2. The van der Waals surface area contributed by atoms with E-state index in [1.807, 2.05) is 42.5 Å². The zero-order valence-electron chi connectivity index (χ0n) is 19.2. The molecule has 0 spiro atoms. The first-order chi connectivity index (χ1) is 16.9. The Bertz CT molecular complexity index is 1270. The number of anilines is 1. The lowest BCUT2D eigenvalue weighted by atomic mass is 10.1. The first kappa shape index (κ1) is 23.7. The van der Waals surface area contributed by atoms with Gasteiger partial charge in [0.2, 0.25) is 0 Å². The lowest BCUT2D eigenvalue weighted by Crippen LogP contribution is -2.46. The van der Waals surface area contributed by atoms with Crippen LogP contribution in [0.15, 0.2) is 72.9 Å². The highest BCUT2D eigenvalue weighted by Gasteiger charge is 2.30. The van der Waals surface area contributed by atoms with E-state index in [1.165, 1.54) is 5.69 Å². The summed E-state index contributed by atoms with van der Waals surface area (Å²) in [5.41, 5.74) is 4.39. The van der Waals surface area contributed by atoms with Crippen LogP contribution >= 0.6 is 11.6 Å². The zero-order valence-corrected chi connectivity index (χ0v) is 19.9. The maximum absolute atomic E-state index is 12.8. The van der Waals surface area contributed by atoms with E-state index >= 15 is 0 Å². The number of imidazole rings is 1. The molecule has 1 fully saturated rings. The van der Waals surface area contributed by atoms with Crippen molar-refractivity contribution >= 4 is 22.9 Å². The van der Waals surface area contributed by atoms with E-state index in [4.69, 9.17) is 16.6 Å². The summed E-state index contributed by atoms with van der Waals surface area (Å²) in [5.74, 6) is 0. The summed E-state index contributed by atoms with van der Waals surface area (Å²) in [6.07, 6.45) is -0.364. The zero-order chi connectivity index (χ0) is 24.4. The number of alkyl halides is 3. The minimum Gasteiger partial charge on any atom is -0.369 e. The molecule has 0 unspecified atom stereocenters. The van der Waals surface area contributed by atoms with Gasteiger partial charge in [-0.3, -0.25) is 4.90 Å². The van der Waals surface area contributed by atoms with Gasteiger partial charge in [0.05, 0.1) is 17.0 Å². The lowest BCUT2D eigenvalue weighted by Gasteiger charge is -2.36. The first-order valence-electron chi connectivity index (χ1n) is 11.7. The molecule has 0 saturated carbocycles. The van der Waals surface area contributed by atoms with Gasteiger partial charge in [0.15, 0.2) is 0 Å². The molecule has 0 radical (unpaired) electrons. The summed E-state index contributed by atoms with van der Waals surface area (Å²) in [6, 6.07) is 19.3. The number of piperazine rings is 1. The molecule has 35 heavy (non-hydrogen) atoms. The van der Waals surface area contributed by atoms with E-state index in [2.05, 4.69) is 20.4 Å². The van der Waals surface area contributed by atoms with Crippen LogP contribution in [0.25, 0.3) is 16.9 Å². The van der Waals surface area contributed by atoms with E-state index in [0.29, 0.717) is 5.02 Å². The quantitative estimate of drug-likeness (QED) is 0.306. The molecule has 4 aromatic rings. The number of hydrogen-bond donors (Lipinski definition) is 0. The van der Waals surface area contributed by atoms with Gasteiger partial charge in [-0.1, -0.05) is 29.8 Å². The standard InChI is InChI=1S/C27H26ClF3N4/c28-22-10-6-20(7-11-22)26-24(35-15-2-1-5-25(35)32-26)4-3-14-33-16-18-34(19-17-33)23-12-8-21(9-13-23)27(29,30)31/h1-2,5-13,15H,3-4,14,16-19H2. The van der Waals surface area contributed by atoms with Crippen LogP contribution in [0.4, 0.5) is 18.9 Å². The fourth-order valence-corrected chi connectivity index (χ4v) is 4.81. The van der Waals surface area contributed by atoms with Crippen molar-refractivity contribution in [3.05, 3.63) is 89.2 Å². The Kier molecular flexibility index (Phi) is 6.71. The van der Waals surface area contributed by atoms with Gasteiger partial charge in [0, 0.05) is 48.6 Å². The van der Waals surface area contributed by atoms with Gasteiger partial charge < -0.3 is 9.30 Å². The van der Waals surface area contributed by atoms with E-state index < -0.39 is 11.7 Å². The smallest absolute Gasteiger partial charge is 0.369 e. The van der Waals surface area contributed by atoms with Gasteiger partial charge in [-0.15, -0.1) is 0 Å². The Morgan fingerprint density at radius 1 is 0.857 bits per heavy atom. The third kappa shape index (κ3) is 5.31. The molecule has 2 aromatic heterocycles. The van der Waals surface area contributed by atoms with Gasteiger partial charge in [-0.05, 0) is 67.9 Å². The summed E-state index contributed by atoms with van der Waals surface area (Å²) in [6.45, 7) is 4.34. The monoisotopic (exact) mass is 498 g/mol. The van der Waals surface area contributed by atoms with Crippen LogP contribution in [0.2, 0.25) is 5.02 Å². The molecule has 1 saturated heterocycles. The molecule has 0 aliphatic carbocycles. The average molecular weight is 499 g/mol. The van der Waals surface area contributed by atoms with Gasteiger partial charge >= 0.3 is 6.18 Å². The average Bonchev–Trinajstić information content (AvgIpc) is 3.23. The molecule has 2 aromatic carbocycles. The summed E-state index contributed by atoms with van der Waals surface area (Å²) < 4.78 is 40.6. The van der Waals surface area contributed by atoms with Crippen LogP contribution in [0.1, 0.15) is 17.7 Å². The van der Waals surface area contributed by atoms with Crippen LogP contribution < -0.4 is 4.90 Å². The van der Waals surface area contributed by atoms with E-state index in [-0.39, 0.29) is 0 Å². The molecule has 8 heteroatoms. The van der Waals surface area contributed by atoms with Crippen molar-refractivity contribution in [3.8, 4) is 11.3 Å². The molecule has 0 atom stereocenters. The number of rotatable bonds is 6. The fourth-order valence-electron chi connectivity index (χ4n) is 4.69. The SMILES string of the molecule is FC(F)(F)c1ccc(N2CCN(CCCc3c(-c4ccc(Cl)cc4)nc4ccccn34)CC2)cc1. The highest BCUT2D eigenvalue weighted by atomic mass is 35.5. The normalized spacial score (nSPS) is 15.1. The minimum absolute atomic E-state index is 0.606. The van der Waals surface area contributed by atoms with E-state index in [9.17, 15) is 13.2 Å². The largest absolute Gasteiger partial charge is 0.416 e. The van der Waals surface area contributed by atoms with Crippen molar-refractivity contribution in [2.75, 3.05) is 37.6 Å². The molecule has 1 aliphatic heterocycles. The fraction of sp³-hybridized carbons (Fsp3) is 0.296. The third-order valence-corrected chi connectivity index (χ3v) is 6.82. The Balaban J connectivity index is 1.20. The molecular formula is C27H26ClF3N4. The summed E-state index contributed by atoms with van der Waals surface area (Å²) in [5, 5.41) is 0.703. The number of benzene rings is 2. The maximum atomic E-state index is 12.8. The molecule has 0 amide bonds. The van der Waals surface area contributed by atoms with E-state index in [1.54, 1.807) is 12.1 Å². The number of aryl methyl sites for hydroxylation is 1. The molecule has 3 heterocycles. The molecule has 0 bridgehead atoms. The van der Waals surface area contributed by atoms with Crippen LogP contribution in [-0.4, -0.2) is 47.0 Å². The third-order valence-electron chi connectivity index (χ3n) is 6.57. The van der Waals surface area contributed by atoms with Crippen molar-refractivity contribution < 1.29 is 13.2 Å². The van der Waals surface area contributed by atoms with Crippen molar-refractivity contribution in [1.82, 2.24) is 14.3 Å². The second-order valence-corrected chi connectivity index (χ2v) is 9.26. The first-order valence-corrected chi connectivity index (χ1v) is 12.1. The highest BCUT2D eigenvalue weighted by Crippen LogP contribution is 2.31. The predicted molar refractivity (Wildman–Crippen MR) is 134 cm³/mol. The molecular weight excluding hydrogens is 473 g/mol. The molecule has 5 rings (SSSR count). The van der Waals surface area contributed by atoms with Crippen molar-refractivity contribution in [3.63, 3.8) is 0 Å². The Morgan fingerprint density at radius 2 is 1.57 bits per heavy atom. The second-order valence-electron chi connectivity index (χ2n) is 8.82. The highest BCUT2D eigenvalue weighted by molar-refractivity contribution is 6.30. The maximum Gasteiger partial charge on any atom is 0.416 e. The van der Waals surface area contributed by atoms with Gasteiger partial charge in [-0.25, -0.2) is 4.98 Å². The number of pyridine rings is 1. The van der Waals surface area contributed by atoms with Crippen molar-refractivity contribution in [1.29, 1.82) is 0 Å². The molecule has 4 nitrogen and oxygen atoms in total. The topological polar surface area (TPSA) is 23.8 Å². The Morgan fingerprint density at radius 3 is 2.26 bits per heavy atom. The minimum atomic E-state index is -4.30. The number of nitrogens with zero attached hydrogens (tertiary/aromatic N) is 4. The summed E-state index contributed by atoms with van der Waals surface area (Å²) in [7, 11) is 0. The Labute approximate surface area is 207 Å². The van der Waals surface area contributed by atoms with Crippen molar-refractivity contribution in [2.45, 2.75) is 19.0 Å². The number of hydrogen-bond acceptors (Lipinski definition) is 3. The Hall–Kier alpha value is -3.03. The summed E-state index contributed by atoms with van der Waals surface area (Å²) >= 11 is 6.08. The van der Waals surface area contributed by atoms with Crippen LogP contribution in [0.3, 0.4) is 0 Å². The van der Waals surface area contributed by atoms with Crippen LogP contribution in [0, 0.1) is 0 Å². The molecule has 0 N–H and O–H groups in total. The van der Waals surface area contributed by atoms with Gasteiger partial charge in [-0.2, -0.15) is 13.2 Å². The second kappa shape index (κ2) is 9.91. The molecule has 1 aliphatic rings. The van der Waals surface area contributed by atoms with Gasteiger partial charge in [0.1, 0.15) is 5.65 Å². The van der Waals surface area contributed by atoms with Gasteiger partial charge in [0.25, 0.3) is 0 Å². The number of fused-ring (bicyclic) bond motifs is 1. The summed E-state index contributed by atoms with van der Waals surface area (Å²) in [4.78, 5) is 9.45. The number of halogens is 4. The van der Waals surface area contributed by atoms with E-state index in [0.717, 1.165) is 80.3 Å². The van der Waals surface area contributed by atoms with Crippen LogP contribution in [0.5, 0.6) is 0 Å². The predicted octanol–water partition coefficient (Wildman–Crippen LogP) is 6.43. The van der Waals surface area contributed by atoms with Crippen molar-refractivity contribution in [2.24, 2.45) is 0 Å². The van der Waals surface area contributed by atoms with Crippen LogP contribution in [-0.2, 0) is 12.6 Å².